The third-order valence-electron chi connectivity index (χ3n) is 2.94. The monoisotopic (exact) mass is 209 g/mol. The van der Waals surface area contributed by atoms with E-state index in [0.717, 1.165) is 12.8 Å². The second kappa shape index (κ2) is 3.73. The first-order valence-electron chi connectivity index (χ1n) is 5.21. The molecule has 0 unspecified atom stereocenters. The summed E-state index contributed by atoms with van der Waals surface area (Å²) in [4.78, 5) is 13.2. The van der Waals surface area contributed by atoms with E-state index >= 15 is 0 Å². The molecular weight excluding hydrogens is 194 g/mol. The predicted octanol–water partition coefficient (Wildman–Crippen LogP) is 0.232. The Kier molecular flexibility index (Phi) is 2.56. The topological polar surface area (TPSA) is 68.0 Å². The van der Waals surface area contributed by atoms with Crippen LogP contribution in [0.1, 0.15) is 31.4 Å². The van der Waals surface area contributed by atoms with Gasteiger partial charge in [0.1, 0.15) is 5.60 Å². The summed E-state index contributed by atoms with van der Waals surface area (Å²) in [5.74, 6) is -0.125. The van der Waals surface area contributed by atoms with Crippen LogP contribution in [0.25, 0.3) is 0 Å². The Morgan fingerprint density at radius 1 is 1.60 bits per heavy atom. The summed E-state index contributed by atoms with van der Waals surface area (Å²) < 4.78 is 0. The lowest BCUT2D eigenvalue weighted by molar-refractivity contribution is -0.136. The summed E-state index contributed by atoms with van der Waals surface area (Å²) in [5, 5.41) is 17.9. The van der Waals surface area contributed by atoms with E-state index in [9.17, 15) is 9.90 Å². The van der Waals surface area contributed by atoms with Gasteiger partial charge in [-0.3, -0.25) is 4.79 Å². The summed E-state index contributed by atoms with van der Waals surface area (Å²) in [6.45, 7) is 0. The number of nitrogens with zero attached hydrogens (tertiary/aromatic N) is 3. The van der Waals surface area contributed by atoms with Gasteiger partial charge in [-0.1, -0.05) is 0 Å². The van der Waals surface area contributed by atoms with Gasteiger partial charge in [0.05, 0.1) is 18.3 Å². The number of aromatic nitrogens is 3. The lowest BCUT2D eigenvalue weighted by Crippen LogP contribution is -2.36. The van der Waals surface area contributed by atoms with Gasteiger partial charge in [-0.15, -0.1) is 0 Å². The average molecular weight is 209 g/mol. The molecule has 2 rings (SSSR count). The zero-order valence-corrected chi connectivity index (χ0v) is 8.81. The first-order chi connectivity index (χ1) is 7.10. The number of Topliss-reactive ketones (excluding diaryl/α,β-unsaturated/α-hetero) is 1. The highest BCUT2D eigenvalue weighted by Crippen LogP contribution is 2.30. The van der Waals surface area contributed by atoms with Crippen molar-refractivity contribution in [2.24, 2.45) is 7.05 Å². The van der Waals surface area contributed by atoms with Crippen LogP contribution in [0.3, 0.4) is 0 Å². The fraction of sp³-hybridized carbons (Fsp3) is 0.700. The number of rotatable bonds is 3. The number of aliphatic hydroxyl groups is 1. The molecule has 0 aromatic carbocycles. The second-order valence-electron chi connectivity index (χ2n) is 4.16. The summed E-state index contributed by atoms with van der Waals surface area (Å²) >= 11 is 0. The lowest BCUT2D eigenvalue weighted by atomic mass is 9.94. The zero-order valence-electron chi connectivity index (χ0n) is 8.81. The Bertz CT molecular complexity index is 366. The van der Waals surface area contributed by atoms with E-state index in [1.807, 2.05) is 0 Å². The van der Waals surface area contributed by atoms with E-state index in [1.165, 1.54) is 4.80 Å². The molecule has 1 aliphatic carbocycles. The van der Waals surface area contributed by atoms with E-state index in [2.05, 4.69) is 10.2 Å². The van der Waals surface area contributed by atoms with Crippen molar-refractivity contribution >= 4 is 5.78 Å². The Labute approximate surface area is 88.1 Å². The van der Waals surface area contributed by atoms with Crippen molar-refractivity contribution < 1.29 is 9.90 Å². The number of hydrogen-bond acceptors (Lipinski definition) is 4. The molecule has 0 atom stereocenters. The molecule has 5 nitrogen and oxygen atoms in total. The van der Waals surface area contributed by atoms with Crippen LogP contribution in [-0.4, -0.2) is 31.5 Å². The van der Waals surface area contributed by atoms with Crippen LogP contribution in [0, 0.1) is 0 Å². The molecule has 0 bridgehead atoms. The van der Waals surface area contributed by atoms with E-state index < -0.39 is 5.60 Å². The minimum absolute atomic E-state index is 0.125. The first kappa shape index (κ1) is 10.3. The van der Waals surface area contributed by atoms with Crippen molar-refractivity contribution in [1.82, 2.24) is 15.0 Å². The van der Waals surface area contributed by atoms with Gasteiger partial charge in [-0.05, 0) is 25.7 Å². The van der Waals surface area contributed by atoms with Crippen molar-refractivity contribution in [2.75, 3.05) is 0 Å². The maximum atomic E-state index is 11.8. The predicted molar refractivity (Wildman–Crippen MR) is 53.1 cm³/mol. The van der Waals surface area contributed by atoms with Crippen molar-refractivity contribution in [3.05, 3.63) is 11.9 Å². The summed E-state index contributed by atoms with van der Waals surface area (Å²) in [5.41, 5.74) is -0.472. The van der Waals surface area contributed by atoms with Crippen LogP contribution in [-0.2, 0) is 18.3 Å². The maximum Gasteiger partial charge on any atom is 0.170 e. The summed E-state index contributed by atoms with van der Waals surface area (Å²) in [6, 6.07) is 0. The van der Waals surface area contributed by atoms with Gasteiger partial charge in [-0.25, -0.2) is 0 Å². The molecule has 15 heavy (non-hydrogen) atoms. The molecule has 1 heterocycles. The van der Waals surface area contributed by atoms with E-state index in [1.54, 1.807) is 13.2 Å². The van der Waals surface area contributed by atoms with Crippen molar-refractivity contribution in [3.63, 3.8) is 0 Å². The van der Waals surface area contributed by atoms with Crippen LogP contribution in [0.15, 0.2) is 6.20 Å². The largest absolute Gasteiger partial charge is 0.382 e. The zero-order chi connectivity index (χ0) is 10.9. The molecule has 0 amide bonds. The highest BCUT2D eigenvalue weighted by molar-refractivity contribution is 5.88. The molecule has 1 aromatic heterocycles. The van der Waals surface area contributed by atoms with Crippen LogP contribution in [0.5, 0.6) is 0 Å². The Hall–Kier alpha value is -1.23. The number of carbonyl (C=O) groups is 1. The highest BCUT2D eigenvalue weighted by Gasteiger charge is 2.38. The van der Waals surface area contributed by atoms with Gasteiger partial charge in [0.25, 0.3) is 0 Å². The standard InChI is InChI=1S/C10H15N3O2/c1-13-11-7-8(12-13)6-9(14)10(15)4-2-3-5-10/h7,15H,2-6H2,1H3. The summed E-state index contributed by atoms with van der Waals surface area (Å²) in [6.07, 6.45) is 4.80. The number of aryl methyl sites for hydroxylation is 1. The van der Waals surface area contributed by atoms with Crippen LogP contribution in [0.2, 0.25) is 0 Å². The molecule has 1 N–H and O–H groups in total. The minimum Gasteiger partial charge on any atom is -0.382 e. The molecule has 0 spiro atoms. The first-order valence-corrected chi connectivity index (χ1v) is 5.21. The SMILES string of the molecule is Cn1ncc(CC(=O)C2(O)CCCC2)n1. The fourth-order valence-corrected chi connectivity index (χ4v) is 2.04. The van der Waals surface area contributed by atoms with Gasteiger partial charge in [0.15, 0.2) is 5.78 Å². The Morgan fingerprint density at radius 2 is 2.27 bits per heavy atom. The normalized spacial score (nSPS) is 19.3. The molecule has 1 fully saturated rings. The summed E-state index contributed by atoms with van der Waals surface area (Å²) in [7, 11) is 1.71. The van der Waals surface area contributed by atoms with Gasteiger partial charge in [0, 0.05) is 7.05 Å². The number of hydrogen-bond donors (Lipinski definition) is 1. The molecular formula is C10H15N3O2. The third-order valence-corrected chi connectivity index (χ3v) is 2.94. The van der Waals surface area contributed by atoms with E-state index in [-0.39, 0.29) is 12.2 Å². The molecule has 1 aromatic rings. The van der Waals surface area contributed by atoms with Crippen LogP contribution in [0.4, 0.5) is 0 Å². The van der Waals surface area contributed by atoms with Crippen molar-refractivity contribution in [3.8, 4) is 0 Å². The van der Waals surface area contributed by atoms with E-state index in [0.29, 0.717) is 18.5 Å². The molecule has 0 aliphatic heterocycles. The van der Waals surface area contributed by atoms with Crippen LogP contribution < -0.4 is 0 Å². The molecule has 0 saturated heterocycles. The molecule has 1 aliphatic rings. The molecule has 1 saturated carbocycles. The fourth-order valence-electron chi connectivity index (χ4n) is 2.04. The quantitative estimate of drug-likeness (QED) is 0.773. The average Bonchev–Trinajstić information content (AvgIpc) is 2.76. The number of ketones is 1. The Morgan fingerprint density at radius 3 is 2.80 bits per heavy atom. The molecule has 0 radical (unpaired) electrons. The third kappa shape index (κ3) is 2.07. The molecule has 82 valence electrons. The highest BCUT2D eigenvalue weighted by atomic mass is 16.3. The Balaban J connectivity index is 2.03. The maximum absolute atomic E-state index is 11.8. The lowest BCUT2D eigenvalue weighted by Gasteiger charge is -2.19. The van der Waals surface area contributed by atoms with Gasteiger partial charge >= 0.3 is 0 Å². The second-order valence-corrected chi connectivity index (χ2v) is 4.16. The van der Waals surface area contributed by atoms with Crippen molar-refractivity contribution in [1.29, 1.82) is 0 Å². The minimum atomic E-state index is -1.10. The van der Waals surface area contributed by atoms with Crippen molar-refractivity contribution in [2.45, 2.75) is 37.7 Å². The van der Waals surface area contributed by atoms with Gasteiger partial charge in [0.2, 0.25) is 0 Å². The van der Waals surface area contributed by atoms with Gasteiger partial charge < -0.3 is 5.11 Å². The number of carbonyl (C=O) groups excluding carboxylic acids is 1. The van der Waals surface area contributed by atoms with Crippen LogP contribution >= 0.6 is 0 Å². The van der Waals surface area contributed by atoms with E-state index in [4.69, 9.17) is 0 Å². The van der Waals surface area contributed by atoms with Gasteiger partial charge in [-0.2, -0.15) is 15.0 Å². The molecule has 5 heteroatoms. The smallest absolute Gasteiger partial charge is 0.170 e.